The molecule has 0 unspecified atom stereocenters. The molecule has 95 heavy (non-hydrogen) atoms. The van der Waals surface area contributed by atoms with Gasteiger partial charge < -0.3 is 9.31 Å². The molecule has 13 aromatic carbocycles. The molecule has 0 aliphatic carbocycles. The van der Waals surface area contributed by atoms with Gasteiger partial charge >= 0.3 is 7.12 Å². The van der Waals surface area contributed by atoms with Crippen molar-refractivity contribution in [3.8, 4) is 56.3 Å². The first-order chi connectivity index (χ1) is 46.6. The third-order valence-electron chi connectivity index (χ3n) is 19.9. The predicted molar refractivity (Wildman–Crippen MR) is 397 cm³/mol. The molecule has 0 saturated carbocycles. The van der Waals surface area contributed by atoms with Gasteiger partial charge in [-0.15, -0.1) is 0 Å². The van der Waals surface area contributed by atoms with E-state index in [0.29, 0.717) is 0 Å². The number of pyridine rings is 5. The van der Waals surface area contributed by atoms with Crippen molar-refractivity contribution in [3.05, 3.63) is 291 Å². The third-order valence-corrected chi connectivity index (χ3v) is 19.9. The largest absolute Gasteiger partial charge is 0.494 e. The molecule has 8 heteroatoms. The highest BCUT2D eigenvalue weighted by Crippen LogP contribution is 2.44. The van der Waals surface area contributed by atoms with Crippen LogP contribution in [0.2, 0.25) is 0 Å². The van der Waals surface area contributed by atoms with E-state index in [4.69, 9.17) is 34.2 Å². The Hall–Kier alpha value is -11.5. The molecule has 1 aliphatic heterocycles. The van der Waals surface area contributed by atoms with Crippen LogP contribution in [-0.2, 0) is 9.31 Å². The molecule has 0 amide bonds. The van der Waals surface area contributed by atoms with Crippen LogP contribution in [0.3, 0.4) is 0 Å². The maximum Gasteiger partial charge on any atom is 0.494 e. The molecule has 0 bridgehead atoms. The Bertz CT molecular complexity index is 6160. The first-order valence-corrected chi connectivity index (χ1v) is 32.6. The van der Waals surface area contributed by atoms with Crippen LogP contribution in [0.5, 0.6) is 0 Å². The maximum atomic E-state index is 6.27. The summed E-state index contributed by atoms with van der Waals surface area (Å²) in [5.74, 6) is 0. The van der Waals surface area contributed by atoms with Crippen LogP contribution >= 0.6 is 0 Å². The molecule has 0 radical (unpaired) electrons. The van der Waals surface area contributed by atoms with Crippen molar-refractivity contribution in [2.24, 2.45) is 0 Å². The molecule has 0 atom stereocenters. The molecule has 19 rings (SSSR count). The van der Waals surface area contributed by atoms with Crippen LogP contribution in [0.1, 0.15) is 27.7 Å². The monoisotopic (exact) mass is 1220 g/mol. The lowest BCUT2D eigenvalue weighted by Crippen LogP contribution is -2.41. The molecule has 0 N–H and O–H groups in total. The minimum absolute atomic E-state index is 0.365. The maximum absolute atomic E-state index is 6.27. The van der Waals surface area contributed by atoms with Gasteiger partial charge in [0.1, 0.15) is 0 Å². The molecule has 1 fully saturated rings. The van der Waals surface area contributed by atoms with E-state index < -0.39 is 0 Å². The summed E-state index contributed by atoms with van der Waals surface area (Å²) in [5.41, 5.74) is 15.2. The van der Waals surface area contributed by atoms with E-state index in [-0.39, 0.29) is 18.3 Å². The molecule has 5 aromatic heterocycles. The van der Waals surface area contributed by atoms with Crippen molar-refractivity contribution in [2.45, 2.75) is 38.9 Å². The zero-order valence-corrected chi connectivity index (χ0v) is 52.8. The highest BCUT2D eigenvalue weighted by atomic mass is 16.7. The van der Waals surface area contributed by atoms with Crippen LogP contribution < -0.4 is 5.46 Å². The van der Waals surface area contributed by atoms with Crippen LogP contribution in [0.15, 0.2) is 291 Å². The number of rotatable bonds is 6. The van der Waals surface area contributed by atoms with E-state index in [2.05, 4.69) is 301 Å². The number of aromatic nitrogens is 5. The van der Waals surface area contributed by atoms with Gasteiger partial charge in [-0.2, -0.15) is 0 Å². The summed E-state index contributed by atoms with van der Waals surface area (Å²) in [6.07, 6.45) is 0. The fraction of sp³-hybridized carbons (Fsp3) is 0.0690. The average Bonchev–Trinajstić information content (AvgIpc) is 1.31. The summed E-state index contributed by atoms with van der Waals surface area (Å²) in [6.45, 7) is 8.34. The second-order valence-electron chi connectivity index (χ2n) is 26.0. The predicted octanol–water partition coefficient (Wildman–Crippen LogP) is 21.7. The minimum Gasteiger partial charge on any atom is -0.399 e. The zero-order chi connectivity index (χ0) is 63.5. The standard InChI is InChI=1S/C54H32N4.C33H28BNO2/c1-2-10-33(11-3-1)47-28-24-36-22-23-37-25-29-49(57-53(37)52(36)56-47)39-27-31-48-38(32-39)26-30-46(55-48)34-18-20-35(21-19-34)51-45-17-9-7-15-43(45)50-42-14-6-4-12-40(42)41-13-5-8-16-44(41)54(50)58-51;1-32(2)33(3,4)37-34(36-32)22-19-17-21(18-20-22)30-28-16-10-8-14-26(28)29-25-13-7-5-11-23(25)24-12-6-9-15-27(24)31(29)35-30/h1-32H;5-20H,1-4H3. The lowest BCUT2D eigenvalue weighted by molar-refractivity contribution is 0.00578. The molecule has 1 aliphatic rings. The molecule has 6 heterocycles. The number of benzene rings is 13. The van der Waals surface area contributed by atoms with E-state index in [1.807, 2.05) is 18.2 Å². The second-order valence-corrected chi connectivity index (χ2v) is 26.0. The summed E-state index contributed by atoms with van der Waals surface area (Å²) in [5, 5.41) is 20.1. The fourth-order valence-electron chi connectivity index (χ4n) is 14.3. The van der Waals surface area contributed by atoms with Gasteiger partial charge in [0.05, 0.1) is 67.3 Å². The topological polar surface area (TPSA) is 82.9 Å². The average molecular weight is 1220 g/mol. The van der Waals surface area contributed by atoms with Crippen molar-refractivity contribution in [1.29, 1.82) is 0 Å². The van der Waals surface area contributed by atoms with Crippen LogP contribution in [-0.4, -0.2) is 43.2 Å². The molecule has 0 spiro atoms. The van der Waals surface area contributed by atoms with Crippen LogP contribution in [0, 0.1) is 0 Å². The Morgan fingerprint density at radius 2 is 0.589 bits per heavy atom. The van der Waals surface area contributed by atoms with E-state index in [1.165, 1.54) is 64.6 Å². The molecule has 448 valence electrons. The van der Waals surface area contributed by atoms with E-state index in [9.17, 15) is 0 Å². The Balaban J connectivity index is 0.000000154. The van der Waals surface area contributed by atoms with Crippen molar-refractivity contribution >= 4 is 132 Å². The Kier molecular flexibility index (Phi) is 13.1. The Labute approximate surface area is 549 Å². The van der Waals surface area contributed by atoms with Gasteiger partial charge in [0.25, 0.3) is 0 Å². The van der Waals surface area contributed by atoms with Crippen molar-refractivity contribution in [2.75, 3.05) is 0 Å². The molecule has 1 saturated heterocycles. The van der Waals surface area contributed by atoms with Gasteiger partial charge in [-0.05, 0) is 107 Å². The molecular formula is C87H60BN5O2. The Morgan fingerprint density at radius 3 is 1.07 bits per heavy atom. The Morgan fingerprint density at radius 1 is 0.253 bits per heavy atom. The number of hydrogen-bond donors (Lipinski definition) is 0. The van der Waals surface area contributed by atoms with Crippen LogP contribution in [0.25, 0.3) is 175 Å². The minimum atomic E-state index is -0.379. The fourth-order valence-corrected chi connectivity index (χ4v) is 14.3. The number of hydrogen-bond acceptors (Lipinski definition) is 7. The van der Waals surface area contributed by atoms with Crippen molar-refractivity contribution in [3.63, 3.8) is 0 Å². The highest BCUT2D eigenvalue weighted by molar-refractivity contribution is 6.62. The zero-order valence-electron chi connectivity index (χ0n) is 52.8. The number of fused-ring (bicyclic) bond motifs is 20. The van der Waals surface area contributed by atoms with Gasteiger partial charge in [0.2, 0.25) is 0 Å². The van der Waals surface area contributed by atoms with Gasteiger partial charge in [-0.25, -0.2) is 24.9 Å². The lowest BCUT2D eigenvalue weighted by Gasteiger charge is -2.32. The van der Waals surface area contributed by atoms with E-state index >= 15 is 0 Å². The SMILES string of the molecule is CC1(C)OB(c2ccc(-c3nc4c5ccccc5c5ccccc5c4c4ccccc34)cc2)OC1(C)C.c1ccc(-c2ccc3ccc4ccc(-c5ccc6nc(-c7ccc(-c8nc9c%10ccccc%10c%10ccccc%10c9c9ccccc89)cc7)ccc6c5)nc4c3n2)cc1. The summed E-state index contributed by atoms with van der Waals surface area (Å²) < 4.78 is 12.5. The van der Waals surface area contributed by atoms with Gasteiger partial charge in [-0.3, -0.25) is 0 Å². The number of nitrogens with zero attached hydrogens (tertiary/aromatic N) is 5. The smallest absolute Gasteiger partial charge is 0.399 e. The van der Waals surface area contributed by atoms with Gasteiger partial charge in [0.15, 0.2) is 0 Å². The first kappa shape index (κ1) is 56.2. The van der Waals surface area contributed by atoms with E-state index in [1.54, 1.807) is 0 Å². The molecule has 18 aromatic rings. The molecular weight excluding hydrogens is 1160 g/mol. The summed E-state index contributed by atoms with van der Waals surface area (Å²) in [6, 6.07) is 103. The van der Waals surface area contributed by atoms with Crippen molar-refractivity contribution in [1.82, 2.24) is 24.9 Å². The lowest BCUT2D eigenvalue weighted by atomic mass is 9.78. The quantitative estimate of drug-likeness (QED) is 0.121. The first-order valence-electron chi connectivity index (χ1n) is 32.6. The molecule has 7 nitrogen and oxygen atoms in total. The second kappa shape index (κ2) is 22.1. The summed E-state index contributed by atoms with van der Waals surface area (Å²) in [4.78, 5) is 26.2. The van der Waals surface area contributed by atoms with Gasteiger partial charge in [-0.1, -0.05) is 261 Å². The van der Waals surface area contributed by atoms with Crippen molar-refractivity contribution < 1.29 is 9.31 Å². The summed E-state index contributed by atoms with van der Waals surface area (Å²) in [7, 11) is -0.379. The normalized spacial score (nSPS) is 13.7. The summed E-state index contributed by atoms with van der Waals surface area (Å²) >= 11 is 0. The third kappa shape index (κ3) is 9.39. The van der Waals surface area contributed by atoms with Crippen LogP contribution in [0.4, 0.5) is 0 Å². The van der Waals surface area contributed by atoms with E-state index in [0.717, 1.165) is 116 Å². The highest BCUT2D eigenvalue weighted by Gasteiger charge is 2.51. The van der Waals surface area contributed by atoms with Gasteiger partial charge in [0, 0.05) is 76.3 Å².